The van der Waals surface area contributed by atoms with Gasteiger partial charge in [-0.25, -0.2) is 0 Å². The average molecular weight is 383 g/mol. The predicted molar refractivity (Wildman–Crippen MR) is 117 cm³/mol. The smallest absolute Gasteiger partial charge is 0.220 e. The van der Waals surface area contributed by atoms with Crippen molar-refractivity contribution in [3.8, 4) is 0 Å². The standard InChI is InChI=1S/C23H46N2O2/c1-3-4-5-6-7-8-9-10-11-12-13-14-15-16-17-18-23(27)25-19-21(2)22(24)20-26/h10-11,21-22,26H,3-9,12-20,24H2,1-2H3,(H,25,27)/t21?,22-/m1/s1. The van der Waals surface area contributed by atoms with Gasteiger partial charge in [0.15, 0.2) is 0 Å². The van der Waals surface area contributed by atoms with E-state index in [9.17, 15) is 4.79 Å². The maximum Gasteiger partial charge on any atom is 0.220 e. The summed E-state index contributed by atoms with van der Waals surface area (Å²) in [6.45, 7) is 4.72. The molecule has 4 heteroatoms. The molecule has 0 bridgehead atoms. The Labute approximate surface area is 168 Å². The minimum absolute atomic E-state index is 0.0364. The number of carbonyl (C=O) groups is 1. The lowest BCUT2D eigenvalue weighted by molar-refractivity contribution is -0.121. The largest absolute Gasteiger partial charge is 0.395 e. The SMILES string of the molecule is CCCCCCCCC=CCCCCCCCC(=O)NCC(C)[C@H](N)CO. The molecule has 0 spiro atoms. The zero-order chi connectivity index (χ0) is 20.2. The Bertz CT molecular complexity index is 358. The van der Waals surface area contributed by atoms with Gasteiger partial charge in [0.1, 0.15) is 0 Å². The lowest BCUT2D eigenvalue weighted by Crippen LogP contribution is -2.39. The van der Waals surface area contributed by atoms with Crippen LogP contribution in [0.2, 0.25) is 0 Å². The van der Waals surface area contributed by atoms with E-state index in [-0.39, 0.29) is 24.5 Å². The Hall–Kier alpha value is -0.870. The fourth-order valence-electron chi connectivity index (χ4n) is 3.05. The molecule has 0 aromatic carbocycles. The second-order valence-electron chi connectivity index (χ2n) is 7.96. The molecule has 0 aliphatic carbocycles. The van der Waals surface area contributed by atoms with Gasteiger partial charge in [-0.3, -0.25) is 4.79 Å². The highest BCUT2D eigenvalue weighted by Gasteiger charge is 2.12. The van der Waals surface area contributed by atoms with Crippen molar-refractivity contribution in [1.29, 1.82) is 0 Å². The molecule has 4 nitrogen and oxygen atoms in total. The van der Waals surface area contributed by atoms with E-state index in [1.165, 1.54) is 70.6 Å². The number of aliphatic hydroxyl groups excluding tert-OH is 1. The summed E-state index contributed by atoms with van der Waals surface area (Å²) in [5.74, 6) is 0.206. The molecular formula is C23H46N2O2. The highest BCUT2D eigenvalue weighted by molar-refractivity contribution is 5.75. The van der Waals surface area contributed by atoms with E-state index in [2.05, 4.69) is 24.4 Å². The summed E-state index contributed by atoms with van der Waals surface area (Å²) in [5.41, 5.74) is 5.73. The van der Waals surface area contributed by atoms with E-state index in [1.54, 1.807) is 0 Å². The molecule has 0 aromatic heterocycles. The van der Waals surface area contributed by atoms with Crippen LogP contribution in [0, 0.1) is 5.92 Å². The second-order valence-corrected chi connectivity index (χ2v) is 7.96. The first-order valence-corrected chi connectivity index (χ1v) is 11.4. The highest BCUT2D eigenvalue weighted by atomic mass is 16.3. The zero-order valence-corrected chi connectivity index (χ0v) is 18.1. The fraction of sp³-hybridized carbons (Fsp3) is 0.870. The van der Waals surface area contributed by atoms with Crippen LogP contribution in [0.1, 0.15) is 104 Å². The summed E-state index contributed by atoms with van der Waals surface area (Å²) < 4.78 is 0. The molecular weight excluding hydrogens is 336 g/mol. The fourth-order valence-corrected chi connectivity index (χ4v) is 3.05. The molecule has 1 amide bonds. The van der Waals surface area contributed by atoms with Crippen molar-refractivity contribution in [2.24, 2.45) is 11.7 Å². The summed E-state index contributed by atoms with van der Waals surface area (Å²) in [4.78, 5) is 11.8. The van der Waals surface area contributed by atoms with E-state index in [1.807, 2.05) is 6.92 Å². The van der Waals surface area contributed by atoms with Gasteiger partial charge >= 0.3 is 0 Å². The molecule has 0 fully saturated rings. The van der Waals surface area contributed by atoms with Crippen molar-refractivity contribution in [1.82, 2.24) is 5.32 Å². The molecule has 0 aromatic rings. The normalized spacial score (nSPS) is 13.8. The maximum atomic E-state index is 11.8. The van der Waals surface area contributed by atoms with Crippen LogP contribution in [0.5, 0.6) is 0 Å². The number of aliphatic hydroxyl groups is 1. The highest BCUT2D eigenvalue weighted by Crippen LogP contribution is 2.10. The molecule has 0 radical (unpaired) electrons. The Morgan fingerprint density at radius 2 is 1.44 bits per heavy atom. The van der Waals surface area contributed by atoms with E-state index >= 15 is 0 Å². The van der Waals surface area contributed by atoms with Crippen molar-refractivity contribution in [3.05, 3.63) is 12.2 Å². The molecule has 0 rings (SSSR count). The number of unbranched alkanes of at least 4 members (excludes halogenated alkanes) is 11. The van der Waals surface area contributed by atoms with Crippen molar-refractivity contribution in [2.75, 3.05) is 13.2 Å². The van der Waals surface area contributed by atoms with Gasteiger partial charge in [-0.1, -0.05) is 77.4 Å². The van der Waals surface area contributed by atoms with Gasteiger partial charge in [0, 0.05) is 19.0 Å². The minimum Gasteiger partial charge on any atom is -0.395 e. The van der Waals surface area contributed by atoms with Crippen LogP contribution in [0.3, 0.4) is 0 Å². The Balaban J connectivity index is 3.32. The Morgan fingerprint density at radius 3 is 2.00 bits per heavy atom. The Kier molecular flexibility index (Phi) is 19.2. The third kappa shape index (κ3) is 18.3. The molecule has 27 heavy (non-hydrogen) atoms. The van der Waals surface area contributed by atoms with E-state index in [0.717, 1.165) is 12.8 Å². The number of hydrogen-bond acceptors (Lipinski definition) is 3. The number of rotatable bonds is 19. The maximum absolute atomic E-state index is 11.8. The summed E-state index contributed by atoms with van der Waals surface area (Å²) >= 11 is 0. The van der Waals surface area contributed by atoms with Crippen molar-refractivity contribution < 1.29 is 9.90 Å². The molecule has 160 valence electrons. The first-order valence-electron chi connectivity index (χ1n) is 11.4. The first-order chi connectivity index (χ1) is 13.1. The van der Waals surface area contributed by atoms with E-state index in [0.29, 0.717) is 13.0 Å². The molecule has 0 aliphatic heterocycles. The monoisotopic (exact) mass is 382 g/mol. The van der Waals surface area contributed by atoms with Crippen LogP contribution in [0.25, 0.3) is 0 Å². The number of nitrogens with two attached hydrogens (primary N) is 1. The Morgan fingerprint density at radius 1 is 0.926 bits per heavy atom. The number of amides is 1. The minimum atomic E-state index is -0.259. The van der Waals surface area contributed by atoms with Gasteiger partial charge in [-0.05, 0) is 38.0 Å². The lowest BCUT2D eigenvalue weighted by atomic mass is 10.0. The van der Waals surface area contributed by atoms with Crippen LogP contribution < -0.4 is 11.1 Å². The van der Waals surface area contributed by atoms with Crippen molar-refractivity contribution in [3.63, 3.8) is 0 Å². The molecule has 0 saturated carbocycles. The predicted octanol–water partition coefficient (Wildman–Crippen LogP) is 5.10. The van der Waals surface area contributed by atoms with E-state index in [4.69, 9.17) is 10.8 Å². The molecule has 4 N–H and O–H groups in total. The van der Waals surface area contributed by atoms with Crippen LogP contribution in [0.4, 0.5) is 0 Å². The molecule has 0 aliphatic rings. The zero-order valence-electron chi connectivity index (χ0n) is 18.1. The second kappa shape index (κ2) is 19.9. The molecule has 0 saturated heterocycles. The van der Waals surface area contributed by atoms with Crippen LogP contribution in [-0.4, -0.2) is 30.2 Å². The third-order valence-corrected chi connectivity index (χ3v) is 5.23. The summed E-state index contributed by atoms with van der Waals surface area (Å²) in [5, 5.41) is 11.9. The van der Waals surface area contributed by atoms with Gasteiger partial charge in [0.05, 0.1) is 6.61 Å². The average Bonchev–Trinajstić information content (AvgIpc) is 2.68. The van der Waals surface area contributed by atoms with Gasteiger partial charge in [0.2, 0.25) is 5.91 Å². The van der Waals surface area contributed by atoms with Crippen molar-refractivity contribution in [2.45, 2.75) is 110 Å². The van der Waals surface area contributed by atoms with Gasteiger partial charge < -0.3 is 16.2 Å². The number of carbonyl (C=O) groups excluding carboxylic acids is 1. The van der Waals surface area contributed by atoms with E-state index < -0.39 is 0 Å². The summed E-state index contributed by atoms with van der Waals surface area (Å²) in [7, 11) is 0. The molecule has 0 heterocycles. The number of hydrogen-bond donors (Lipinski definition) is 3. The lowest BCUT2D eigenvalue weighted by Gasteiger charge is -2.17. The van der Waals surface area contributed by atoms with Crippen LogP contribution in [-0.2, 0) is 4.79 Å². The summed E-state index contributed by atoms with van der Waals surface area (Å²) in [6.07, 6.45) is 21.8. The quantitative estimate of drug-likeness (QED) is 0.215. The first kappa shape index (κ1) is 26.1. The number of allylic oxidation sites excluding steroid dienone is 2. The van der Waals surface area contributed by atoms with Crippen LogP contribution >= 0.6 is 0 Å². The topological polar surface area (TPSA) is 75.4 Å². The van der Waals surface area contributed by atoms with Gasteiger partial charge in [0.25, 0.3) is 0 Å². The van der Waals surface area contributed by atoms with Gasteiger partial charge in [-0.15, -0.1) is 0 Å². The molecule has 2 atom stereocenters. The van der Waals surface area contributed by atoms with Gasteiger partial charge in [-0.2, -0.15) is 0 Å². The third-order valence-electron chi connectivity index (χ3n) is 5.23. The molecule has 1 unspecified atom stereocenters. The number of nitrogens with one attached hydrogen (secondary N) is 1. The van der Waals surface area contributed by atoms with Crippen molar-refractivity contribution >= 4 is 5.91 Å². The van der Waals surface area contributed by atoms with Crippen LogP contribution in [0.15, 0.2) is 12.2 Å². The summed E-state index contributed by atoms with van der Waals surface area (Å²) in [6, 6.07) is -0.259.